The fourth-order valence-electron chi connectivity index (χ4n) is 1.06. The van der Waals surface area contributed by atoms with E-state index in [9.17, 15) is 0 Å². The van der Waals surface area contributed by atoms with Crippen LogP contribution in [0.3, 0.4) is 0 Å². The highest BCUT2D eigenvalue weighted by molar-refractivity contribution is 5.13. The molecule has 1 atom stereocenters. The van der Waals surface area contributed by atoms with Gasteiger partial charge in [0, 0.05) is 23.8 Å². The summed E-state index contributed by atoms with van der Waals surface area (Å²) < 4.78 is 0. The summed E-state index contributed by atoms with van der Waals surface area (Å²) in [6.07, 6.45) is 1.88. The van der Waals surface area contributed by atoms with Crippen LogP contribution in [0, 0.1) is 12.8 Å². The number of rotatable bonds is 4. The first kappa shape index (κ1) is 10.3. The summed E-state index contributed by atoms with van der Waals surface area (Å²) in [6, 6.07) is 0.550. The van der Waals surface area contributed by atoms with Crippen molar-refractivity contribution in [1.29, 1.82) is 0 Å². The van der Waals surface area contributed by atoms with Crippen molar-refractivity contribution in [1.82, 2.24) is 15.5 Å². The van der Waals surface area contributed by atoms with E-state index in [4.69, 9.17) is 0 Å². The van der Waals surface area contributed by atoms with Crippen LogP contribution in [0.25, 0.3) is 0 Å². The molecule has 3 nitrogen and oxygen atoms in total. The molecule has 0 fully saturated rings. The van der Waals surface area contributed by atoms with Gasteiger partial charge in [-0.3, -0.25) is 5.10 Å². The van der Waals surface area contributed by atoms with Crippen LogP contribution in [-0.2, 0) is 6.54 Å². The Morgan fingerprint density at radius 3 is 2.62 bits per heavy atom. The minimum absolute atomic E-state index is 0.550. The summed E-state index contributed by atoms with van der Waals surface area (Å²) >= 11 is 0. The predicted molar refractivity (Wildman–Crippen MR) is 54.5 cm³/mol. The van der Waals surface area contributed by atoms with Crippen LogP contribution >= 0.6 is 0 Å². The van der Waals surface area contributed by atoms with E-state index in [1.165, 1.54) is 5.56 Å². The average molecular weight is 181 g/mol. The summed E-state index contributed by atoms with van der Waals surface area (Å²) in [4.78, 5) is 0. The molecule has 0 aliphatic heterocycles. The third-order valence-corrected chi connectivity index (χ3v) is 2.55. The molecule has 0 saturated heterocycles. The molecular weight excluding hydrogens is 162 g/mol. The first-order valence-electron chi connectivity index (χ1n) is 4.83. The zero-order valence-electron chi connectivity index (χ0n) is 8.89. The SMILES string of the molecule is Cc1[nH]ncc1CN[C@@H](C)C(C)C. The smallest absolute Gasteiger partial charge is 0.0535 e. The maximum atomic E-state index is 3.98. The van der Waals surface area contributed by atoms with E-state index < -0.39 is 0 Å². The number of hydrogen-bond donors (Lipinski definition) is 2. The van der Waals surface area contributed by atoms with E-state index in [-0.39, 0.29) is 0 Å². The molecule has 1 aromatic heterocycles. The van der Waals surface area contributed by atoms with Gasteiger partial charge >= 0.3 is 0 Å². The molecule has 0 aliphatic rings. The Morgan fingerprint density at radius 1 is 1.46 bits per heavy atom. The highest BCUT2D eigenvalue weighted by atomic mass is 15.1. The molecule has 0 amide bonds. The van der Waals surface area contributed by atoms with Gasteiger partial charge in [0.25, 0.3) is 0 Å². The van der Waals surface area contributed by atoms with Gasteiger partial charge in [0.05, 0.1) is 6.20 Å². The third kappa shape index (κ3) is 2.84. The van der Waals surface area contributed by atoms with Crippen molar-refractivity contribution in [3.05, 3.63) is 17.5 Å². The van der Waals surface area contributed by atoms with E-state index >= 15 is 0 Å². The molecule has 1 rings (SSSR count). The molecule has 0 aliphatic carbocycles. The largest absolute Gasteiger partial charge is 0.310 e. The van der Waals surface area contributed by atoms with Gasteiger partial charge in [-0.05, 0) is 19.8 Å². The lowest BCUT2D eigenvalue weighted by atomic mass is 10.1. The van der Waals surface area contributed by atoms with Gasteiger partial charge in [-0.1, -0.05) is 13.8 Å². The van der Waals surface area contributed by atoms with Crippen molar-refractivity contribution >= 4 is 0 Å². The zero-order chi connectivity index (χ0) is 9.84. The third-order valence-electron chi connectivity index (χ3n) is 2.55. The lowest BCUT2D eigenvalue weighted by Crippen LogP contribution is -2.30. The lowest BCUT2D eigenvalue weighted by Gasteiger charge is -2.16. The predicted octanol–water partition coefficient (Wildman–Crippen LogP) is 1.85. The van der Waals surface area contributed by atoms with E-state index in [0.717, 1.165) is 12.2 Å². The Hall–Kier alpha value is -0.830. The number of hydrogen-bond acceptors (Lipinski definition) is 2. The highest BCUT2D eigenvalue weighted by Crippen LogP contribution is 2.05. The van der Waals surface area contributed by atoms with Crippen molar-refractivity contribution in [2.24, 2.45) is 5.92 Å². The second-order valence-corrected chi connectivity index (χ2v) is 3.93. The first-order valence-corrected chi connectivity index (χ1v) is 4.83. The molecule has 0 saturated carbocycles. The number of H-pyrrole nitrogens is 1. The molecule has 13 heavy (non-hydrogen) atoms. The normalized spacial score (nSPS) is 13.6. The Kier molecular flexibility index (Phi) is 3.48. The first-order chi connectivity index (χ1) is 6.11. The molecule has 1 heterocycles. The number of nitrogens with one attached hydrogen (secondary N) is 2. The second kappa shape index (κ2) is 4.42. The second-order valence-electron chi connectivity index (χ2n) is 3.93. The molecule has 74 valence electrons. The van der Waals surface area contributed by atoms with Crippen LogP contribution in [0.1, 0.15) is 32.0 Å². The quantitative estimate of drug-likeness (QED) is 0.744. The highest BCUT2D eigenvalue weighted by Gasteiger charge is 2.07. The summed E-state index contributed by atoms with van der Waals surface area (Å²) in [7, 11) is 0. The van der Waals surface area contributed by atoms with Gasteiger partial charge < -0.3 is 5.32 Å². The number of nitrogens with zero attached hydrogens (tertiary/aromatic N) is 1. The Labute approximate surface area is 79.9 Å². The van der Waals surface area contributed by atoms with Crippen molar-refractivity contribution in [2.75, 3.05) is 0 Å². The minimum Gasteiger partial charge on any atom is -0.310 e. The Bertz CT molecular complexity index is 252. The molecule has 0 bridgehead atoms. The van der Waals surface area contributed by atoms with E-state index in [0.29, 0.717) is 12.0 Å². The maximum Gasteiger partial charge on any atom is 0.0535 e. The average Bonchev–Trinajstić information content (AvgIpc) is 2.47. The topological polar surface area (TPSA) is 40.7 Å². The van der Waals surface area contributed by atoms with Crippen molar-refractivity contribution in [2.45, 2.75) is 40.3 Å². The molecule has 0 aromatic carbocycles. The van der Waals surface area contributed by atoms with E-state index in [2.05, 4.69) is 36.3 Å². The minimum atomic E-state index is 0.550. The fourth-order valence-corrected chi connectivity index (χ4v) is 1.06. The molecule has 0 unspecified atom stereocenters. The van der Waals surface area contributed by atoms with Crippen LogP contribution in [0.2, 0.25) is 0 Å². The molecule has 3 heteroatoms. The number of aromatic amines is 1. The van der Waals surface area contributed by atoms with Gasteiger partial charge in [0.15, 0.2) is 0 Å². The Morgan fingerprint density at radius 2 is 2.15 bits per heavy atom. The van der Waals surface area contributed by atoms with Gasteiger partial charge in [0.1, 0.15) is 0 Å². The van der Waals surface area contributed by atoms with E-state index in [1.807, 2.05) is 13.1 Å². The summed E-state index contributed by atoms with van der Waals surface area (Å²) in [6.45, 7) is 9.60. The molecular formula is C10H19N3. The van der Waals surface area contributed by atoms with Crippen LogP contribution in [0.4, 0.5) is 0 Å². The summed E-state index contributed by atoms with van der Waals surface area (Å²) in [5, 5.41) is 10.4. The summed E-state index contributed by atoms with van der Waals surface area (Å²) in [5.41, 5.74) is 2.41. The van der Waals surface area contributed by atoms with Crippen LogP contribution < -0.4 is 5.32 Å². The molecule has 2 N–H and O–H groups in total. The fraction of sp³-hybridized carbons (Fsp3) is 0.700. The van der Waals surface area contributed by atoms with Crippen LogP contribution in [-0.4, -0.2) is 16.2 Å². The Balaban J connectivity index is 2.39. The summed E-state index contributed by atoms with van der Waals surface area (Å²) in [5.74, 6) is 0.673. The zero-order valence-corrected chi connectivity index (χ0v) is 8.89. The van der Waals surface area contributed by atoms with Crippen molar-refractivity contribution in [3.63, 3.8) is 0 Å². The maximum absolute atomic E-state index is 3.98. The van der Waals surface area contributed by atoms with Gasteiger partial charge in [0.2, 0.25) is 0 Å². The van der Waals surface area contributed by atoms with Gasteiger partial charge in [-0.15, -0.1) is 0 Å². The van der Waals surface area contributed by atoms with Gasteiger partial charge in [-0.2, -0.15) is 5.10 Å². The number of aryl methyl sites for hydroxylation is 1. The van der Waals surface area contributed by atoms with Crippen LogP contribution in [0.15, 0.2) is 6.20 Å². The molecule has 1 aromatic rings. The molecule has 0 spiro atoms. The van der Waals surface area contributed by atoms with Crippen LogP contribution in [0.5, 0.6) is 0 Å². The van der Waals surface area contributed by atoms with E-state index in [1.54, 1.807) is 0 Å². The molecule has 0 radical (unpaired) electrons. The number of aromatic nitrogens is 2. The standard InChI is InChI=1S/C10H19N3/c1-7(2)8(3)11-5-10-6-12-13-9(10)4/h6-8,11H,5H2,1-4H3,(H,12,13)/t8-/m0/s1. The van der Waals surface area contributed by atoms with Crippen molar-refractivity contribution in [3.8, 4) is 0 Å². The van der Waals surface area contributed by atoms with Gasteiger partial charge in [-0.25, -0.2) is 0 Å². The lowest BCUT2D eigenvalue weighted by molar-refractivity contribution is 0.426. The van der Waals surface area contributed by atoms with Crippen molar-refractivity contribution < 1.29 is 0 Å². The monoisotopic (exact) mass is 181 g/mol.